The second kappa shape index (κ2) is 3.48. The largest absolute Gasteiger partial charge is 0.236 e. The summed E-state index contributed by atoms with van der Waals surface area (Å²) >= 11 is 5.84. The van der Waals surface area contributed by atoms with Crippen LogP contribution in [-0.2, 0) is 0 Å². The molecular formula is C9H5ClN4. The van der Waals surface area contributed by atoms with Crippen LogP contribution < -0.4 is 0 Å². The lowest BCUT2D eigenvalue weighted by molar-refractivity contribution is 0.843. The molecule has 2 rings (SSSR count). The molecule has 5 heteroatoms. The van der Waals surface area contributed by atoms with E-state index in [-0.39, 0.29) is 0 Å². The molecule has 0 aliphatic carbocycles. The van der Waals surface area contributed by atoms with Gasteiger partial charge in [0.15, 0.2) is 5.82 Å². The van der Waals surface area contributed by atoms with Crippen LogP contribution in [-0.4, -0.2) is 14.8 Å². The van der Waals surface area contributed by atoms with Crippen LogP contribution in [0, 0.1) is 11.3 Å². The average molecular weight is 205 g/mol. The van der Waals surface area contributed by atoms with Crippen LogP contribution in [0.25, 0.3) is 5.82 Å². The van der Waals surface area contributed by atoms with E-state index in [0.29, 0.717) is 16.4 Å². The maximum atomic E-state index is 8.88. The lowest BCUT2D eigenvalue weighted by Crippen LogP contribution is -2.01. The Hall–Kier alpha value is -1.86. The minimum atomic E-state index is 0.331. The van der Waals surface area contributed by atoms with Crippen molar-refractivity contribution in [1.29, 1.82) is 5.26 Å². The Bertz CT molecular complexity index is 484. The summed E-state index contributed by atoms with van der Waals surface area (Å²) in [7, 11) is 0. The molecule has 0 radical (unpaired) electrons. The molecule has 0 unspecified atom stereocenters. The van der Waals surface area contributed by atoms with E-state index in [1.54, 1.807) is 30.7 Å². The van der Waals surface area contributed by atoms with E-state index in [2.05, 4.69) is 10.1 Å². The van der Waals surface area contributed by atoms with Crippen LogP contribution in [0.15, 0.2) is 30.7 Å². The number of nitriles is 1. The van der Waals surface area contributed by atoms with Gasteiger partial charge in [0.05, 0.1) is 5.02 Å². The zero-order chi connectivity index (χ0) is 9.97. The molecule has 0 fully saturated rings. The van der Waals surface area contributed by atoms with E-state index >= 15 is 0 Å². The molecule has 0 bridgehead atoms. The van der Waals surface area contributed by atoms with Gasteiger partial charge >= 0.3 is 0 Å². The molecule has 2 heterocycles. The van der Waals surface area contributed by atoms with E-state index in [4.69, 9.17) is 16.9 Å². The van der Waals surface area contributed by atoms with Gasteiger partial charge < -0.3 is 0 Å². The normalized spacial score (nSPS) is 9.71. The van der Waals surface area contributed by atoms with Gasteiger partial charge in [-0.15, -0.1) is 0 Å². The standard InChI is InChI=1S/C9H5ClN4/c10-8-2-4-12-9(7(8)6-11)14-5-1-3-13-14/h1-5H. The van der Waals surface area contributed by atoms with Gasteiger partial charge in [-0.05, 0) is 12.1 Å². The predicted molar refractivity (Wildman–Crippen MR) is 51.1 cm³/mol. The Balaban J connectivity index is 2.66. The van der Waals surface area contributed by atoms with Crippen molar-refractivity contribution in [2.75, 3.05) is 0 Å². The van der Waals surface area contributed by atoms with Crippen molar-refractivity contribution in [2.24, 2.45) is 0 Å². The van der Waals surface area contributed by atoms with Gasteiger partial charge in [-0.25, -0.2) is 9.67 Å². The molecule has 0 aliphatic heterocycles. The molecule has 14 heavy (non-hydrogen) atoms. The molecule has 2 aromatic rings. The number of hydrogen-bond acceptors (Lipinski definition) is 3. The van der Waals surface area contributed by atoms with Gasteiger partial charge in [-0.2, -0.15) is 10.4 Å². The summed E-state index contributed by atoms with van der Waals surface area (Å²) in [5.41, 5.74) is 0.331. The van der Waals surface area contributed by atoms with Crippen molar-refractivity contribution >= 4 is 11.6 Å². The van der Waals surface area contributed by atoms with Crippen LogP contribution in [0.2, 0.25) is 5.02 Å². The number of nitrogens with zero attached hydrogens (tertiary/aromatic N) is 4. The molecule has 0 aromatic carbocycles. The van der Waals surface area contributed by atoms with Crippen LogP contribution in [0.4, 0.5) is 0 Å². The molecule has 0 saturated carbocycles. The quantitative estimate of drug-likeness (QED) is 0.712. The maximum Gasteiger partial charge on any atom is 0.172 e. The van der Waals surface area contributed by atoms with E-state index in [0.717, 1.165) is 0 Å². The fourth-order valence-electron chi connectivity index (χ4n) is 1.10. The summed E-state index contributed by atoms with van der Waals surface area (Å²) in [6.07, 6.45) is 4.86. The molecule has 68 valence electrons. The first-order chi connectivity index (χ1) is 6.83. The highest BCUT2D eigenvalue weighted by atomic mass is 35.5. The van der Waals surface area contributed by atoms with E-state index in [9.17, 15) is 0 Å². The first-order valence-corrected chi connectivity index (χ1v) is 4.25. The van der Waals surface area contributed by atoms with Gasteiger partial charge in [0, 0.05) is 18.6 Å². The van der Waals surface area contributed by atoms with Crippen molar-refractivity contribution in [3.8, 4) is 11.9 Å². The highest BCUT2D eigenvalue weighted by molar-refractivity contribution is 6.31. The summed E-state index contributed by atoms with van der Waals surface area (Å²) in [5, 5.41) is 13.2. The molecule has 0 N–H and O–H groups in total. The second-order valence-corrected chi connectivity index (χ2v) is 2.96. The summed E-state index contributed by atoms with van der Waals surface area (Å²) in [6, 6.07) is 5.33. The van der Waals surface area contributed by atoms with Crippen LogP contribution in [0.5, 0.6) is 0 Å². The van der Waals surface area contributed by atoms with Crippen LogP contribution in [0.3, 0.4) is 0 Å². The smallest absolute Gasteiger partial charge is 0.172 e. The molecule has 4 nitrogen and oxygen atoms in total. The van der Waals surface area contributed by atoms with Gasteiger partial charge in [0.1, 0.15) is 11.6 Å². The molecular weight excluding hydrogens is 200 g/mol. The van der Waals surface area contributed by atoms with Crippen molar-refractivity contribution in [3.05, 3.63) is 41.3 Å². The Labute approximate surface area is 85.4 Å². The molecule has 0 spiro atoms. The number of rotatable bonds is 1. The Morgan fingerprint density at radius 1 is 1.43 bits per heavy atom. The van der Waals surface area contributed by atoms with E-state index in [1.807, 2.05) is 6.07 Å². The monoisotopic (exact) mass is 204 g/mol. The topological polar surface area (TPSA) is 54.5 Å². The fraction of sp³-hybridized carbons (Fsp3) is 0. The highest BCUT2D eigenvalue weighted by Crippen LogP contribution is 2.18. The molecule has 0 saturated heterocycles. The van der Waals surface area contributed by atoms with Gasteiger partial charge in [-0.3, -0.25) is 0 Å². The van der Waals surface area contributed by atoms with Crippen molar-refractivity contribution < 1.29 is 0 Å². The third-order valence-corrected chi connectivity index (χ3v) is 2.03. The number of aromatic nitrogens is 3. The van der Waals surface area contributed by atoms with Gasteiger partial charge in [0.25, 0.3) is 0 Å². The molecule has 2 aromatic heterocycles. The number of pyridine rings is 1. The highest BCUT2D eigenvalue weighted by Gasteiger charge is 2.09. The van der Waals surface area contributed by atoms with Gasteiger partial charge in [0.2, 0.25) is 0 Å². The Morgan fingerprint density at radius 3 is 2.93 bits per heavy atom. The van der Waals surface area contributed by atoms with Gasteiger partial charge in [-0.1, -0.05) is 11.6 Å². The Morgan fingerprint density at radius 2 is 2.29 bits per heavy atom. The first kappa shape index (κ1) is 8.73. The Kier molecular flexibility index (Phi) is 2.17. The lowest BCUT2D eigenvalue weighted by atomic mass is 10.3. The SMILES string of the molecule is N#Cc1c(Cl)ccnc1-n1cccn1. The zero-order valence-corrected chi connectivity index (χ0v) is 7.81. The third-order valence-electron chi connectivity index (χ3n) is 1.71. The summed E-state index contributed by atoms with van der Waals surface area (Å²) < 4.78 is 1.50. The predicted octanol–water partition coefficient (Wildman–Crippen LogP) is 1.79. The maximum absolute atomic E-state index is 8.88. The summed E-state index contributed by atoms with van der Waals surface area (Å²) in [4.78, 5) is 4.05. The van der Waals surface area contributed by atoms with E-state index < -0.39 is 0 Å². The number of hydrogen-bond donors (Lipinski definition) is 0. The van der Waals surface area contributed by atoms with Crippen LogP contribution in [0.1, 0.15) is 5.56 Å². The minimum absolute atomic E-state index is 0.331. The van der Waals surface area contributed by atoms with Crippen molar-refractivity contribution in [2.45, 2.75) is 0 Å². The fourth-order valence-corrected chi connectivity index (χ4v) is 1.28. The van der Waals surface area contributed by atoms with Crippen molar-refractivity contribution in [3.63, 3.8) is 0 Å². The van der Waals surface area contributed by atoms with E-state index in [1.165, 1.54) is 4.68 Å². The second-order valence-electron chi connectivity index (χ2n) is 2.55. The minimum Gasteiger partial charge on any atom is -0.236 e. The third kappa shape index (κ3) is 1.34. The first-order valence-electron chi connectivity index (χ1n) is 3.87. The molecule has 0 atom stereocenters. The number of halogens is 1. The zero-order valence-electron chi connectivity index (χ0n) is 7.05. The molecule has 0 amide bonds. The average Bonchev–Trinajstić information content (AvgIpc) is 2.70. The lowest BCUT2D eigenvalue weighted by Gasteiger charge is -2.02. The molecule has 0 aliphatic rings. The summed E-state index contributed by atoms with van der Waals surface area (Å²) in [5.74, 6) is 0.449. The van der Waals surface area contributed by atoms with Crippen molar-refractivity contribution in [1.82, 2.24) is 14.8 Å². The van der Waals surface area contributed by atoms with Crippen LogP contribution >= 0.6 is 11.6 Å². The summed E-state index contributed by atoms with van der Waals surface area (Å²) in [6.45, 7) is 0.